The van der Waals surface area contributed by atoms with Crippen molar-refractivity contribution in [3.8, 4) is 0 Å². The summed E-state index contributed by atoms with van der Waals surface area (Å²) in [6.07, 6.45) is 7.48. The topological polar surface area (TPSA) is 55.4 Å². The Morgan fingerprint density at radius 2 is 2.17 bits per heavy atom. The number of nitrogens with one attached hydrogen (secondary N) is 1. The van der Waals surface area contributed by atoms with Gasteiger partial charge in [-0.15, -0.1) is 11.8 Å². The van der Waals surface area contributed by atoms with Gasteiger partial charge in [0.1, 0.15) is 0 Å². The molecule has 0 radical (unpaired) electrons. The number of rotatable bonds is 6. The Labute approximate surface area is 141 Å². The first-order valence-corrected chi connectivity index (χ1v) is 9.46. The second-order valence-electron chi connectivity index (χ2n) is 6.58. The number of fused-ring (bicyclic) bond motifs is 2. The molecule has 4 nitrogen and oxygen atoms in total. The zero-order valence-corrected chi connectivity index (χ0v) is 14.2. The lowest BCUT2D eigenvalue weighted by Crippen LogP contribution is -2.23. The molecular formula is C18H23NO3S. The highest BCUT2D eigenvalue weighted by Crippen LogP contribution is 2.49. The minimum absolute atomic E-state index is 0.205. The largest absolute Gasteiger partial charge is 0.456 e. The Kier molecular flexibility index (Phi) is 5.26. The van der Waals surface area contributed by atoms with Gasteiger partial charge in [-0.05, 0) is 61.5 Å². The van der Waals surface area contributed by atoms with Crippen LogP contribution in [-0.4, -0.2) is 24.7 Å². The fraction of sp³-hybridized carbons (Fsp3) is 0.556. The van der Waals surface area contributed by atoms with Gasteiger partial charge in [-0.3, -0.25) is 9.59 Å². The molecule has 0 heterocycles. The van der Waals surface area contributed by atoms with E-state index in [0.717, 1.165) is 22.9 Å². The minimum atomic E-state index is -0.287. The minimum Gasteiger partial charge on any atom is -0.456 e. The van der Waals surface area contributed by atoms with Gasteiger partial charge in [0.15, 0.2) is 6.61 Å². The maximum Gasteiger partial charge on any atom is 0.306 e. The van der Waals surface area contributed by atoms with E-state index in [1.165, 1.54) is 19.3 Å². The summed E-state index contributed by atoms with van der Waals surface area (Å²) in [7, 11) is 0. The summed E-state index contributed by atoms with van der Waals surface area (Å²) in [5, 5.41) is 2.76. The second kappa shape index (κ2) is 7.39. The summed E-state index contributed by atoms with van der Waals surface area (Å²) >= 11 is 1.62. The molecule has 0 unspecified atom stereocenters. The van der Waals surface area contributed by atoms with E-state index in [0.29, 0.717) is 18.3 Å². The predicted octanol–water partition coefficient (Wildman–Crippen LogP) is 3.72. The van der Waals surface area contributed by atoms with E-state index >= 15 is 0 Å². The molecule has 0 saturated heterocycles. The Hall–Kier alpha value is -1.49. The summed E-state index contributed by atoms with van der Waals surface area (Å²) in [6.45, 7) is -0.205. The number of hydrogen-bond donors (Lipinski definition) is 1. The number of benzene rings is 1. The average molecular weight is 333 g/mol. The quantitative estimate of drug-likeness (QED) is 0.637. The van der Waals surface area contributed by atoms with Crippen LogP contribution in [0.15, 0.2) is 29.2 Å². The average Bonchev–Trinajstić information content (AvgIpc) is 3.16. The van der Waals surface area contributed by atoms with Crippen LogP contribution in [0.5, 0.6) is 0 Å². The maximum atomic E-state index is 11.9. The summed E-state index contributed by atoms with van der Waals surface area (Å²) < 4.78 is 5.15. The molecule has 3 rings (SSSR count). The Bertz CT molecular complexity index is 589. The molecule has 23 heavy (non-hydrogen) atoms. The molecule has 124 valence electrons. The van der Waals surface area contributed by atoms with Crippen LogP contribution in [-0.2, 0) is 14.3 Å². The standard InChI is InChI=1S/C18H23NO3S/c1-23-16-4-2-3-15(10-16)19-17(20)11-22-18(21)9-14-8-12-5-6-13(14)7-12/h2-4,10,12-14H,5-9,11H2,1H3,(H,19,20)/t12-,13-,14+/m1/s1. The third kappa shape index (κ3) is 4.28. The Morgan fingerprint density at radius 1 is 1.30 bits per heavy atom. The van der Waals surface area contributed by atoms with Gasteiger partial charge >= 0.3 is 5.97 Å². The van der Waals surface area contributed by atoms with E-state index in [9.17, 15) is 9.59 Å². The summed E-state index contributed by atoms with van der Waals surface area (Å²) in [5.74, 6) is 1.48. The van der Waals surface area contributed by atoms with Crippen molar-refractivity contribution in [2.45, 2.75) is 37.0 Å². The fourth-order valence-corrected chi connectivity index (χ4v) is 4.40. The van der Waals surface area contributed by atoms with E-state index in [4.69, 9.17) is 4.74 Å². The van der Waals surface area contributed by atoms with Crippen molar-refractivity contribution in [2.24, 2.45) is 17.8 Å². The molecule has 5 heteroatoms. The summed E-state index contributed by atoms with van der Waals surface area (Å²) in [6, 6.07) is 7.60. The lowest BCUT2D eigenvalue weighted by atomic mass is 9.86. The predicted molar refractivity (Wildman–Crippen MR) is 91.4 cm³/mol. The number of carbonyl (C=O) groups is 2. The van der Waals surface area contributed by atoms with E-state index in [2.05, 4.69) is 5.32 Å². The van der Waals surface area contributed by atoms with E-state index in [-0.39, 0.29) is 18.5 Å². The first-order chi connectivity index (χ1) is 11.1. The molecule has 0 aliphatic heterocycles. The zero-order valence-electron chi connectivity index (χ0n) is 13.4. The van der Waals surface area contributed by atoms with Crippen LogP contribution in [0.3, 0.4) is 0 Å². The molecule has 0 spiro atoms. The van der Waals surface area contributed by atoms with Crippen LogP contribution in [0.4, 0.5) is 5.69 Å². The number of hydrogen-bond acceptors (Lipinski definition) is 4. The highest BCUT2D eigenvalue weighted by Gasteiger charge is 2.40. The van der Waals surface area contributed by atoms with Gasteiger partial charge in [0.05, 0.1) is 0 Å². The van der Waals surface area contributed by atoms with E-state index < -0.39 is 0 Å². The van der Waals surface area contributed by atoms with Crippen LogP contribution in [0.2, 0.25) is 0 Å². The van der Waals surface area contributed by atoms with Gasteiger partial charge in [-0.1, -0.05) is 12.5 Å². The van der Waals surface area contributed by atoms with Crippen molar-refractivity contribution < 1.29 is 14.3 Å². The molecule has 2 saturated carbocycles. The van der Waals surface area contributed by atoms with Gasteiger partial charge in [-0.25, -0.2) is 0 Å². The van der Waals surface area contributed by atoms with Crippen molar-refractivity contribution in [2.75, 3.05) is 18.2 Å². The lowest BCUT2D eigenvalue weighted by Gasteiger charge is -2.20. The van der Waals surface area contributed by atoms with Gasteiger partial charge in [-0.2, -0.15) is 0 Å². The first-order valence-electron chi connectivity index (χ1n) is 8.23. The molecule has 2 aliphatic rings. The first kappa shape index (κ1) is 16.4. The fourth-order valence-electron chi connectivity index (χ4n) is 3.94. The highest BCUT2D eigenvalue weighted by molar-refractivity contribution is 7.98. The number of anilines is 1. The summed E-state index contributed by atoms with van der Waals surface area (Å²) in [5.41, 5.74) is 0.728. The third-order valence-electron chi connectivity index (χ3n) is 5.03. The lowest BCUT2D eigenvalue weighted by molar-refractivity contribution is -0.148. The molecule has 0 aromatic heterocycles. The van der Waals surface area contributed by atoms with E-state index in [1.54, 1.807) is 11.8 Å². The SMILES string of the molecule is CSc1cccc(NC(=O)COC(=O)C[C@@H]2C[C@@H]3CC[C@@H]2C3)c1. The number of amides is 1. The third-order valence-corrected chi connectivity index (χ3v) is 5.76. The molecule has 2 fully saturated rings. The summed E-state index contributed by atoms with van der Waals surface area (Å²) in [4.78, 5) is 24.9. The normalized spacial score (nSPS) is 25.3. The smallest absolute Gasteiger partial charge is 0.306 e. The van der Waals surface area contributed by atoms with Gasteiger partial charge in [0.2, 0.25) is 0 Å². The molecule has 1 aromatic rings. The molecule has 3 atom stereocenters. The van der Waals surface area contributed by atoms with Crippen LogP contribution < -0.4 is 5.32 Å². The molecule has 2 bridgehead atoms. The van der Waals surface area contributed by atoms with Crippen molar-refractivity contribution in [1.82, 2.24) is 0 Å². The number of carbonyl (C=O) groups excluding carboxylic acids is 2. The van der Waals surface area contributed by atoms with Gasteiger partial charge < -0.3 is 10.1 Å². The van der Waals surface area contributed by atoms with Crippen LogP contribution in [0.25, 0.3) is 0 Å². The maximum absolute atomic E-state index is 11.9. The second-order valence-corrected chi connectivity index (χ2v) is 7.46. The van der Waals surface area contributed by atoms with Gasteiger partial charge in [0, 0.05) is 17.0 Å². The van der Waals surface area contributed by atoms with Crippen LogP contribution in [0, 0.1) is 17.8 Å². The van der Waals surface area contributed by atoms with Crippen molar-refractivity contribution >= 4 is 29.3 Å². The number of esters is 1. The zero-order chi connectivity index (χ0) is 16.2. The molecular weight excluding hydrogens is 310 g/mol. The van der Waals surface area contributed by atoms with E-state index in [1.807, 2.05) is 30.5 Å². The monoisotopic (exact) mass is 333 g/mol. The highest BCUT2D eigenvalue weighted by atomic mass is 32.2. The van der Waals surface area contributed by atoms with Crippen LogP contribution in [0.1, 0.15) is 32.1 Å². The Balaban J connectivity index is 1.40. The van der Waals surface area contributed by atoms with Crippen LogP contribution >= 0.6 is 11.8 Å². The molecule has 1 N–H and O–H groups in total. The Morgan fingerprint density at radius 3 is 2.87 bits per heavy atom. The molecule has 2 aliphatic carbocycles. The number of thioether (sulfide) groups is 1. The molecule has 1 amide bonds. The van der Waals surface area contributed by atoms with Gasteiger partial charge in [0.25, 0.3) is 5.91 Å². The van der Waals surface area contributed by atoms with Crippen molar-refractivity contribution in [3.63, 3.8) is 0 Å². The molecule has 1 aromatic carbocycles. The van der Waals surface area contributed by atoms with Crippen molar-refractivity contribution in [3.05, 3.63) is 24.3 Å². The van der Waals surface area contributed by atoms with Crippen molar-refractivity contribution in [1.29, 1.82) is 0 Å². The number of ether oxygens (including phenoxy) is 1.